The third kappa shape index (κ3) is 7.83. The van der Waals surface area contributed by atoms with Gasteiger partial charge in [-0.25, -0.2) is 4.99 Å². The lowest BCUT2D eigenvalue weighted by atomic mass is 10.1. The highest BCUT2D eigenvalue weighted by Crippen LogP contribution is 2.16. The number of nitrogens with zero attached hydrogens (tertiary/aromatic N) is 4. The Labute approximate surface area is 219 Å². The Morgan fingerprint density at radius 3 is 2.08 bits per heavy atom. The van der Waals surface area contributed by atoms with Crippen LogP contribution in [0.3, 0.4) is 0 Å². The molecule has 0 bridgehead atoms. The van der Waals surface area contributed by atoms with Crippen LogP contribution in [0, 0.1) is 13.8 Å². The second kappa shape index (κ2) is 13.1. The fourth-order valence-electron chi connectivity index (χ4n) is 3.67. The number of benzene rings is 2. The summed E-state index contributed by atoms with van der Waals surface area (Å²) in [5, 5.41) is 3.26. The number of pyridine rings is 1. The molecule has 3 rings (SSSR count). The molecule has 0 atom stereocenters. The normalized spacial score (nSPS) is 11.0. The van der Waals surface area contributed by atoms with E-state index in [1.54, 1.807) is 14.2 Å². The number of hydrogen-bond donors (Lipinski definition) is 1. The molecule has 1 amide bonds. The molecule has 0 aliphatic heterocycles. The summed E-state index contributed by atoms with van der Waals surface area (Å²) in [6.07, 6.45) is 2.60. The number of aromatic nitrogens is 1. The standard InChI is InChI=1S/C29H35N5O3/c1-21-15-22(2)30-16-26(21)17-31-29(34(20-35)19-25-9-13-28(37-6)14-10-25)32-23(3)33(4)18-24-7-11-27(36-5)12-8-24/h7-16,20H,3,17-19H2,1-2,4-6H3,(H,31,32). The molecule has 0 saturated heterocycles. The minimum absolute atomic E-state index is 0.333. The molecular formula is C29H35N5O3. The smallest absolute Gasteiger partial charge is 0.216 e. The van der Waals surface area contributed by atoms with Crippen LogP contribution in [0.15, 0.2) is 78.2 Å². The van der Waals surface area contributed by atoms with Gasteiger partial charge in [0.05, 0.1) is 27.3 Å². The van der Waals surface area contributed by atoms with Gasteiger partial charge in [-0.2, -0.15) is 0 Å². The van der Waals surface area contributed by atoms with Gasteiger partial charge in [-0.3, -0.25) is 14.7 Å². The van der Waals surface area contributed by atoms with E-state index in [2.05, 4.69) is 16.9 Å². The van der Waals surface area contributed by atoms with Crippen molar-refractivity contribution in [3.63, 3.8) is 0 Å². The maximum Gasteiger partial charge on any atom is 0.216 e. The molecule has 0 aliphatic rings. The highest BCUT2D eigenvalue weighted by Gasteiger charge is 2.15. The Morgan fingerprint density at radius 1 is 1.00 bits per heavy atom. The topological polar surface area (TPSA) is 79.3 Å². The van der Waals surface area contributed by atoms with E-state index >= 15 is 0 Å². The first-order chi connectivity index (χ1) is 17.8. The van der Waals surface area contributed by atoms with E-state index < -0.39 is 0 Å². The third-order valence-corrected chi connectivity index (χ3v) is 5.96. The summed E-state index contributed by atoms with van der Waals surface area (Å²) in [7, 11) is 5.20. The molecule has 1 N–H and O–H groups in total. The Balaban J connectivity index is 1.81. The number of rotatable bonds is 11. The molecule has 8 nitrogen and oxygen atoms in total. The molecule has 8 heteroatoms. The lowest BCUT2D eigenvalue weighted by molar-refractivity contribution is -0.115. The number of carbonyl (C=O) groups is 1. The predicted octanol–water partition coefficient (Wildman–Crippen LogP) is 4.42. The molecule has 3 aromatic rings. The number of ether oxygens (including phenoxy) is 2. The maximum atomic E-state index is 12.2. The van der Waals surface area contributed by atoms with Crippen LogP contribution < -0.4 is 14.8 Å². The predicted molar refractivity (Wildman–Crippen MR) is 146 cm³/mol. The summed E-state index contributed by atoms with van der Waals surface area (Å²) >= 11 is 0. The van der Waals surface area contributed by atoms with Crippen molar-refractivity contribution >= 4 is 12.4 Å². The third-order valence-electron chi connectivity index (χ3n) is 5.96. The van der Waals surface area contributed by atoms with Gasteiger partial charge < -0.3 is 19.7 Å². The number of methoxy groups -OCH3 is 2. The number of aryl methyl sites for hydroxylation is 2. The number of hydrogen-bond acceptors (Lipinski definition) is 6. The van der Waals surface area contributed by atoms with Crippen molar-refractivity contribution in [2.24, 2.45) is 4.99 Å². The summed E-state index contributed by atoms with van der Waals surface area (Å²) in [6.45, 7) is 9.49. The van der Waals surface area contributed by atoms with Crippen molar-refractivity contribution in [2.45, 2.75) is 33.5 Å². The van der Waals surface area contributed by atoms with E-state index in [0.717, 1.165) is 45.9 Å². The zero-order chi connectivity index (χ0) is 26.8. The minimum atomic E-state index is 0.333. The molecule has 0 aliphatic carbocycles. The molecule has 0 saturated carbocycles. The highest BCUT2D eigenvalue weighted by molar-refractivity contribution is 5.90. The van der Waals surface area contributed by atoms with Crippen molar-refractivity contribution in [1.29, 1.82) is 0 Å². The fourth-order valence-corrected chi connectivity index (χ4v) is 3.67. The van der Waals surface area contributed by atoms with E-state index in [4.69, 9.17) is 14.5 Å². The van der Waals surface area contributed by atoms with Crippen LogP contribution in [-0.4, -0.2) is 48.4 Å². The molecule has 0 unspecified atom stereocenters. The van der Waals surface area contributed by atoms with Crippen LogP contribution in [0.1, 0.15) is 27.9 Å². The Kier molecular flexibility index (Phi) is 9.66. The van der Waals surface area contributed by atoms with Crippen LogP contribution >= 0.6 is 0 Å². The number of guanidine groups is 1. The molecule has 2 aromatic carbocycles. The zero-order valence-corrected chi connectivity index (χ0v) is 22.2. The molecule has 0 fully saturated rings. The van der Waals surface area contributed by atoms with Crippen LogP contribution in [0.2, 0.25) is 0 Å². The SMILES string of the molecule is C=C(NC(=NCc1cnc(C)cc1C)N(C=O)Cc1ccc(OC)cc1)N(C)Cc1ccc(OC)cc1. The van der Waals surface area contributed by atoms with Crippen molar-refractivity contribution < 1.29 is 14.3 Å². The van der Waals surface area contributed by atoms with Crippen molar-refractivity contribution in [3.05, 3.63) is 101 Å². The van der Waals surface area contributed by atoms with Crippen LogP contribution in [0.4, 0.5) is 0 Å². The Morgan fingerprint density at radius 2 is 1.57 bits per heavy atom. The minimum Gasteiger partial charge on any atom is -0.497 e. The second-order valence-electron chi connectivity index (χ2n) is 8.75. The van der Waals surface area contributed by atoms with Gasteiger partial charge in [-0.1, -0.05) is 30.8 Å². The fraction of sp³-hybridized carbons (Fsp3) is 0.276. The van der Waals surface area contributed by atoms with Gasteiger partial charge in [0.25, 0.3) is 0 Å². The largest absolute Gasteiger partial charge is 0.497 e. The average Bonchev–Trinajstić information content (AvgIpc) is 2.91. The lowest BCUT2D eigenvalue weighted by Gasteiger charge is -2.27. The van der Waals surface area contributed by atoms with E-state index in [0.29, 0.717) is 31.4 Å². The maximum absolute atomic E-state index is 12.2. The first kappa shape index (κ1) is 27.3. The van der Waals surface area contributed by atoms with Crippen LogP contribution in [-0.2, 0) is 24.4 Å². The molecule has 37 heavy (non-hydrogen) atoms. The summed E-state index contributed by atoms with van der Waals surface area (Å²) in [5.74, 6) is 2.57. The molecule has 194 valence electrons. The number of aliphatic imine (C=N–C) groups is 1. The van der Waals surface area contributed by atoms with E-state index in [-0.39, 0.29) is 0 Å². The van der Waals surface area contributed by atoms with Crippen molar-refractivity contribution in [1.82, 2.24) is 20.1 Å². The first-order valence-electron chi connectivity index (χ1n) is 11.9. The molecule has 0 spiro atoms. The van der Waals surface area contributed by atoms with Crippen LogP contribution in [0.5, 0.6) is 11.5 Å². The summed E-state index contributed by atoms with van der Waals surface area (Å²) in [5.41, 5.74) is 5.06. The Bertz CT molecular complexity index is 1220. The second-order valence-corrected chi connectivity index (χ2v) is 8.75. The van der Waals surface area contributed by atoms with Crippen molar-refractivity contribution in [3.8, 4) is 11.5 Å². The Hall–Kier alpha value is -4.33. The van der Waals surface area contributed by atoms with E-state index in [1.165, 1.54) is 4.90 Å². The van der Waals surface area contributed by atoms with Gasteiger partial charge >= 0.3 is 0 Å². The monoisotopic (exact) mass is 501 g/mol. The van der Waals surface area contributed by atoms with Gasteiger partial charge in [0.2, 0.25) is 12.4 Å². The quantitative estimate of drug-likeness (QED) is 0.238. The number of amides is 1. The van der Waals surface area contributed by atoms with Crippen molar-refractivity contribution in [2.75, 3.05) is 21.3 Å². The zero-order valence-electron chi connectivity index (χ0n) is 22.2. The highest BCUT2D eigenvalue weighted by atomic mass is 16.5. The summed E-state index contributed by atoms with van der Waals surface area (Å²) in [4.78, 5) is 24.9. The van der Waals surface area contributed by atoms with E-state index in [9.17, 15) is 4.79 Å². The summed E-state index contributed by atoms with van der Waals surface area (Å²) in [6, 6.07) is 17.5. The molecule has 1 heterocycles. The van der Waals surface area contributed by atoms with Gasteiger partial charge in [-0.15, -0.1) is 0 Å². The molecular weight excluding hydrogens is 466 g/mol. The van der Waals surface area contributed by atoms with Gasteiger partial charge in [0, 0.05) is 25.5 Å². The summed E-state index contributed by atoms with van der Waals surface area (Å²) < 4.78 is 10.5. The van der Waals surface area contributed by atoms with Gasteiger partial charge in [0.1, 0.15) is 17.3 Å². The molecule has 0 radical (unpaired) electrons. The van der Waals surface area contributed by atoms with Gasteiger partial charge in [0.15, 0.2) is 0 Å². The van der Waals surface area contributed by atoms with Gasteiger partial charge in [-0.05, 0) is 66.4 Å². The van der Waals surface area contributed by atoms with E-state index in [1.807, 2.05) is 86.6 Å². The number of carbonyl (C=O) groups excluding carboxylic acids is 1. The lowest BCUT2D eigenvalue weighted by Crippen LogP contribution is -2.42. The number of nitrogens with one attached hydrogen (secondary N) is 1. The molecule has 1 aromatic heterocycles. The van der Waals surface area contributed by atoms with Crippen LogP contribution in [0.25, 0.3) is 0 Å². The average molecular weight is 502 g/mol. The first-order valence-corrected chi connectivity index (χ1v) is 11.9.